The van der Waals surface area contributed by atoms with Crippen molar-refractivity contribution in [3.63, 3.8) is 0 Å². The molecule has 3 N–H and O–H groups in total. The van der Waals surface area contributed by atoms with Crippen LogP contribution in [0.15, 0.2) is 34.5 Å². The smallest absolute Gasteiger partial charge is 0.263 e. The third kappa shape index (κ3) is 3.81. The minimum absolute atomic E-state index is 0.193. The zero-order chi connectivity index (χ0) is 15.6. The maximum absolute atomic E-state index is 12.4. The van der Waals surface area contributed by atoms with Gasteiger partial charge in [-0.2, -0.15) is 0 Å². The van der Waals surface area contributed by atoms with E-state index in [0.717, 1.165) is 11.3 Å². The molecule has 0 aliphatic rings. The molecule has 1 atom stereocenters. The molecule has 1 heterocycles. The molecule has 114 valence electrons. The zero-order valence-corrected chi connectivity index (χ0v) is 13.8. The van der Waals surface area contributed by atoms with Crippen molar-refractivity contribution < 1.29 is 8.42 Å². The van der Waals surface area contributed by atoms with Gasteiger partial charge in [0, 0.05) is 11.4 Å². The van der Waals surface area contributed by atoms with E-state index >= 15 is 0 Å². The Labute approximate surface area is 129 Å². The molecule has 0 aliphatic carbocycles. The van der Waals surface area contributed by atoms with Crippen molar-refractivity contribution in [3.05, 3.63) is 40.9 Å². The topological polar surface area (TPSA) is 85.1 Å². The Hall–Kier alpha value is -1.44. The first-order chi connectivity index (χ1) is 9.79. The Kier molecular flexibility index (Phi) is 4.65. The quantitative estimate of drug-likeness (QED) is 0.884. The highest BCUT2D eigenvalue weighted by Gasteiger charge is 2.17. The number of nitrogens with zero attached hydrogens (tertiary/aromatic N) is 1. The molecule has 1 unspecified atom stereocenters. The predicted octanol–water partition coefficient (Wildman–Crippen LogP) is 3.09. The van der Waals surface area contributed by atoms with Crippen molar-refractivity contribution in [2.75, 3.05) is 4.72 Å². The van der Waals surface area contributed by atoms with E-state index < -0.39 is 10.0 Å². The molecule has 0 saturated carbocycles. The third-order valence-electron chi connectivity index (χ3n) is 3.03. The maximum Gasteiger partial charge on any atom is 0.263 e. The largest absolute Gasteiger partial charge is 0.324 e. The zero-order valence-electron chi connectivity index (χ0n) is 12.2. The van der Waals surface area contributed by atoms with E-state index in [4.69, 9.17) is 5.73 Å². The van der Waals surface area contributed by atoms with Gasteiger partial charge in [-0.15, -0.1) is 11.3 Å². The van der Waals surface area contributed by atoms with E-state index in [1.165, 1.54) is 11.3 Å². The lowest BCUT2D eigenvalue weighted by atomic mass is 10.1. The molecule has 2 rings (SSSR count). The van der Waals surface area contributed by atoms with E-state index in [0.29, 0.717) is 5.13 Å². The highest BCUT2D eigenvalue weighted by molar-refractivity contribution is 7.93. The van der Waals surface area contributed by atoms with Crippen LogP contribution in [0.1, 0.15) is 44.0 Å². The summed E-state index contributed by atoms with van der Waals surface area (Å²) in [4.78, 5) is 4.47. The molecule has 0 aliphatic heterocycles. The summed E-state index contributed by atoms with van der Waals surface area (Å²) >= 11 is 1.28. The third-order valence-corrected chi connectivity index (χ3v) is 5.27. The van der Waals surface area contributed by atoms with E-state index in [2.05, 4.69) is 9.71 Å². The molecule has 1 aromatic heterocycles. The average molecular weight is 325 g/mol. The molecule has 2 aromatic rings. The van der Waals surface area contributed by atoms with Gasteiger partial charge in [0.25, 0.3) is 10.0 Å². The number of nitrogens with one attached hydrogen (secondary N) is 1. The average Bonchev–Trinajstić information content (AvgIpc) is 2.87. The second-order valence-electron chi connectivity index (χ2n) is 5.20. The fraction of sp³-hybridized carbons (Fsp3) is 0.357. The Morgan fingerprint density at radius 1 is 1.29 bits per heavy atom. The molecule has 5 nitrogen and oxygen atoms in total. The van der Waals surface area contributed by atoms with Gasteiger partial charge in [-0.25, -0.2) is 13.4 Å². The molecule has 21 heavy (non-hydrogen) atoms. The van der Waals surface area contributed by atoms with Crippen LogP contribution in [-0.2, 0) is 10.0 Å². The SMILES string of the molecule is CC(C)c1csc(NS(=O)(=O)c2cccc(C(C)N)c2)n1. The Balaban J connectivity index is 2.27. The summed E-state index contributed by atoms with van der Waals surface area (Å²) in [5, 5.41) is 2.24. The van der Waals surface area contributed by atoms with E-state index in [-0.39, 0.29) is 16.9 Å². The molecular formula is C14H19N3O2S2. The highest BCUT2D eigenvalue weighted by atomic mass is 32.2. The standard InChI is InChI=1S/C14H19N3O2S2/c1-9(2)13-8-20-14(16-13)17-21(18,19)12-6-4-5-11(7-12)10(3)15/h4-10H,15H2,1-3H3,(H,16,17). The number of aromatic nitrogens is 1. The predicted molar refractivity (Wildman–Crippen MR) is 86.1 cm³/mol. The van der Waals surface area contributed by atoms with Gasteiger partial charge in [0.05, 0.1) is 10.6 Å². The summed E-state index contributed by atoms with van der Waals surface area (Å²) in [5.74, 6) is 0.265. The van der Waals surface area contributed by atoms with Crippen LogP contribution in [0, 0.1) is 0 Å². The lowest BCUT2D eigenvalue weighted by Gasteiger charge is -2.09. The number of rotatable bonds is 5. The fourth-order valence-corrected chi connectivity index (χ4v) is 3.92. The van der Waals surface area contributed by atoms with Crippen molar-refractivity contribution >= 4 is 26.5 Å². The Bertz CT molecular complexity index is 721. The number of benzene rings is 1. The van der Waals surface area contributed by atoms with Crippen LogP contribution in [0.4, 0.5) is 5.13 Å². The fourth-order valence-electron chi connectivity index (χ4n) is 1.74. The molecule has 1 aromatic carbocycles. The number of nitrogens with two attached hydrogens (primary N) is 1. The number of sulfonamides is 1. The van der Waals surface area contributed by atoms with Gasteiger partial charge in [-0.1, -0.05) is 26.0 Å². The molecule has 0 radical (unpaired) electrons. The molecule has 0 spiro atoms. The maximum atomic E-state index is 12.4. The first-order valence-corrected chi connectivity index (χ1v) is 8.99. The molecule has 0 amide bonds. The first-order valence-electron chi connectivity index (χ1n) is 6.63. The van der Waals surface area contributed by atoms with Crippen LogP contribution in [0.2, 0.25) is 0 Å². The number of thiazole rings is 1. The summed E-state index contributed by atoms with van der Waals surface area (Å²) in [6.45, 7) is 5.84. The van der Waals surface area contributed by atoms with Crippen LogP contribution in [-0.4, -0.2) is 13.4 Å². The van der Waals surface area contributed by atoms with Crippen LogP contribution in [0.5, 0.6) is 0 Å². The van der Waals surface area contributed by atoms with Crippen LogP contribution in [0.25, 0.3) is 0 Å². The van der Waals surface area contributed by atoms with Gasteiger partial charge in [0.15, 0.2) is 5.13 Å². The van der Waals surface area contributed by atoms with Crippen molar-refractivity contribution in [3.8, 4) is 0 Å². The Morgan fingerprint density at radius 2 is 2.00 bits per heavy atom. The molecule has 0 bridgehead atoms. The second-order valence-corrected chi connectivity index (χ2v) is 7.74. The van der Waals surface area contributed by atoms with Crippen molar-refractivity contribution in [2.45, 2.75) is 37.6 Å². The van der Waals surface area contributed by atoms with Gasteiger partial charge >= 0.3 is 0 Å². The minimum Gasteiger partial charge on any atom is -0.324 e. The van der Waals surface area contributed by atoms with Crippen molar-refractivity contribution in [1.82, 2.24) is 4.98 Å². The number of anilines is 1. The highest BCUT2D eigenvalue weighted by Crippen LogP contribution is 2.24. The van der Waals surface area contributed by atoms with Gasteiger partial charge in [0.2, 0.25) is 0 Å². The first kappa shape index (κ1) is 15.9. The summed E-state index contributed by atoms with van der Waals surface area (Å²) in [6, 6.07) is 6.42. The second kappa shape index (κ2) is 6.13. The lowest BCUT2D eigenvalue weighted by Crippen LogP contribution is -2.14. The number of hydrogen-bond donors (Lipinski definition) is 2. The van der Waals surface area contributed by atoms with Gasteiger partial charge in [-0.3, -0.25) is 4.72 Å². The van der Waals surface area contributed by atoms with E-state index in [1.807, 2.05) is 32.2 Å². The van der Waals surface area contributed by atoms with Crippen LogP contribution in [0.3, 0.4) is 0 Å². The van der Waals surface area contributed by atoms with Gasteiger partial charge < -0.3 is 5.73 Å². The molecule has 0 saturated heterocycles. The number of hydrogen-bond acceptors (Lipinski definition) is 5. The summed E-state index contributed by atoms with van der Waals surface area (Å²) in [6.07, 6.45) is 0. The normalized spacial score (nSPS) is 13.4. The van der Waals surface area contributed by atoms with Gasteiger partial charge in [0.1, 0.15) is 0 Å². The summed E-state index contributed by atoms with van der Waals surface area (Å²) in [7, 11) is -3.64. The van der Waals surface area contributed by atoms with E-state index in [1.54, 1.807) is 18.2 Å². The van der Waals surface area contributed by atoms with E-state index in [9.17, 15) is 8.42 Å². The van der Waals surface area contributed by atoms with Crippen molar-refractivity contribution in [2.24, 2.45) is 5.73 Å². The van der Waals surface area contributed by atoms with Crippen LogP contribution >= 0.6 is 11.3 Å². The van der Waals surface area contributed by atoms with Crippen molar-refractivity contribution in [1.29, 1.82) is 0 Å². The minimum atomic E-state index is -3.64. The van der Waals surface area contributed by atoms with Gasteiger partial charge in [-0.05, 0) is 30.5 Å². The Morgan fingerprint density at radius 3 is 2.57 bits per heavy atom. The molecular weight excluding hydrogens is 306 g/mol. The van der Waals surface area contributed by atoms with Crippen LogP contribution < -0.4 is 10.5 Å². The lowest BCUT2D eigenvalue weighted by molar-refractivity contribution is 0.601. The monoisotopic (exact) mass is 325 g/mol. The summed E-state index contributed by atoms with van der Waals surface area (Å²) < 4.78 is 27.3. The molecule has 7 heteroatoms. The summed E-state index contributed by atoms with van der Waals surface area (Å²) in [5.41, 5.74) is 7.44. The molecule has 0 fully saturated rings.